The van der Waals surface area contributed by atoms with Gasteiger partial charge in [0.05, 0.1) is 46.3 Å². The molecule has 202 valence electrons. The van der Waals surface area contributed by atoms with Crippen LogP contribution in [0.2, 0.25) is 0 Å². The van der Waals surface area contributed by atoms with Crippen molar-refractivity contribution in [3.63, 3.8) is 0 Å². The molecule has 0 saturated carbocycles. The number of rotatable bonds is 10. The fourth-order valence-electron chi connectivity index (χ4n) is 4.34. The van der Waals surface area contributed by atoms with Gasteiger partial charge in [-0.15, -0.1) is 11.3 Å². The van der Waals surface area contributed by atoms with E-state index >= 15 is 0 Å². The second kappa shape index (κ2) is 11.1. The van der Waals surface area contributed by atoms with Crippen LogP contribution >= 0.6 is 11.3 Å². The molecule has 0 fully saturated rings. The van der Waals surface area contributed by atoms with Gasteiger partial charge in [-0.1, -0.05) is 30.3 Å². The van der Waals surface area contributed by atoms with E-state index in [0.29, 0.717) is 25.5 Å². The fourth-order valence-corrected chi connectivity index (χ4v) is 5.71. The molecular weight excluding hydrogens is 544 g/mol. The SMILES string of the molecule is CS(=O)(=O)CCNCc1ncc(-c2cc3c(Nc4ccc5c(cnn5Cc5ccccc5)c4)ncnc3cn2)s1. The molecule has 0 radical (unpaired) electrons. The minimum Gasteiger partial charge on any atom is -0.340 e. The van der Waals surface area contributed by atoms with Crippen LogP contribution in [0.5, 0.6) is 0 Å². The Bertz CT molecular complexity index is 1900. The van der Waals surface area contributed by atoms with Gasteiger partial charge in [0.15, 0.2) is 0 Å². The quantitative estimate of drug-likeness (QED) is 0.230. The number of nitrogens with one attached hydrogen (secondary N) is 2. The van der Waals surface area contributed by atoms with E-state index < -0.39 is 9.84 Å². The molecule has 4 heterocycles. The summed E-state index contributed by atoms with van der Waals surface area (Å²) in [4.78, 5) is 18.9. The van der Waals surface area contributed by atoms with Crippen LogP contribution in [0, 0.1) is 0 Å². The molecule has 0 bridgehead atoms. The summed E-state index contributed by atoms with van der Waals surface area (Å²) in [6, 6.07) is 18.4. The molecule has 0 aliphatic rings. The molecule has 0 saturated heterocycles. The first kappa shape index (κ1) is 26.0. The maximum atomic E-state index is 11.3. The topological polar surface area (TPSA) is 128 Å². The highest BCUT2D eigenvalue weighted by Gasteiger charge is 2.12. The first-order valence-corrected chi connectivity index (χ1v) is 15.5. The molecule has 6 rings (SSSR count). The summed E-state index contributed by atoms with van der Waals surface area (Å²) in [5.41, 5.74) is 4.64. The Hall–Kier alpha value is -4.26. The summed E-state index contributed by atoms with van der Waals surface area (Å²) in [7, 11) is -3.00. The van der Waals surface area contributed by atoms with E-state index in [1.165, 1.54) is 29.5 Å². The molecule has 0 spiro atoms. The highest BCUT2D eigenvalue weighted by atomic mass is 32.2. The van der Waals surface area contributed by atoms with Crippen LogP contribution in [0.4, 0.5) is 11.5 Å². The Morgan fingerprint density at radius 2 is 1.82 bits per heavy atom. The van der Waals surface area contributed by atoms with E-state index in [0.717, 1.165) is 43.1 Å². The van der Waals surface area contributed by atoms with E-state index in [9.17, 15) is 8.42 Å². The number of aromatic nitrogens is 6. The summed E-state index contributed by atoms with van der Waals surface area (Å²) in [5.74, 6) is 0.771. The monoisotopic (exact) mass is 570 g/mol. The van der Waals surface area contributed by atoms with Crippen molar-refractivity contribution in [2.75, 3.05) is 23.9 Å². The maximum Gasteiger partial charge on any atom is 0.148 e. The average Bonchev–Trinajstić information content (AvgIpc) is 3.58. The van der Waals surface area contributed by atoms with Crippen LogP contribution in [-0.2, 0) is 22.9 Å². The third-order valence-electron chi connectivity index (χ3n) is 6.33. The standard InChI is InChI=1S/C28H26N8O2S2/c1-40(37,38)10-9-29-16-27-31-15-26(39-27)23-12-22-24(14-30-23)32-18-33-28(22)35-21-7-8-25-20(11-21)13-34-36(25)17-19-5-3-2-4-6-19/h2-8,11-15,18,29H,9-10,16-17H2,1H3,(H,32,33,35). The van der Waals surface area contributed by atoms with Gasteiger partial charge < -0.3 is 10.6 Å². The van der Waals surface area contributed by atoms with Crippen LogP contribution in [0.3, 0.4) is 0 Å². The normalized spacial score (nSPS) is 11.8. The highest BCUT2D eigenvalue weighted by molar-refractivity contribution is 7.90. The number of anilines is 2. The van der Waals surface area contributed by atoms with Crippen LogP contribution in [0.15, 0.2) is 79.5 Å². The number of fused-ring (bicyclic) bond motifs is 2. The van der Waals surface area contributed by atoms with Crippen LogP contribution in [0.25, 0.3) is 32.4 Å². The number of nitrogens with zero attached hydrogens (tertiary/aromatic N) is 6. The summed E-state index contributed by atoms with van der Waals surface area (Å²) >= 11 is 1.51. The molecule has 0 aliphatic carbocycles. The zero-order valence-electron chi connectivity index (χ0n) is 21.7. The van der Waals surface area contributed by atoms with Crippen molar-refractivity contribution in [2.45, 2.75) is 13.1 Å². The third kappa shape index (κ3) is 5.98. The molecule has 6 aromatic rings. The molecule has 0 unspecified atom stereocenters. The van der Waals surface area contributed by atoms with Gasteiger partial charge in [-0.25, -0.2) is 23.4 Å². The predicted octanol–water partition coefficient (Wildman–Crippen LogP) is 4.42. The van der Waals surface area contributed by atoms with Gasteiger partial charge in [0, 0.05) is 42.0 Å². The zero-order chi connectivity index (χ0) is 27.5. The minimum atomic E-state index is -3.00. The molecule has 10 nitrogen and oxygen atoms in total. The number of thiazole rings is 1. The number of sulfone groups is 1. The number of hydrogen-bond acceptors (Lipinski definition) is 10. The molecule has 0 amide bonds. The van der Waals surface area contributed by atoms with E-state index in [1.807, 2.05) is 41.2 Å². The minimum absolute atomic E-state index is 0.0935. The largest absolute Gasteiger partial charge is 0.340 e. The van der Waals surface area contributed by atoms with Crippen LogP contribution < -0.4 is 10.6 Å². The van der Waals surface area contributed by atoms with Crippen molar-refractivity contribution in [3.05, 3.63) is 90.1 Å². The van der Waals surface area contributed by atoms with Crippen molar-refractivity contribution in [3.8, 4) is 10.6 Å². The van der Waals surface area contributed by atoms with Crippen LogP contribution in [-0.4, -0.2) is 56.7 Å². The lowest BCUT2D eigenvalue weighted by atomic mass is 10.2. The zero-order valence-corrected chi connectivity index (χ0v) is 23.3. The van der Waals surface area contributed by atoms with Gasteiger partial charge in [0.1, 0.15) is 27.0 Å². The first-order valence-electron chi connectivity index (χ1n) is 12.6. The summed E-state index contributed by atoms with van der Waals surface area (Å²) in [5, 5.41) is 13.9. The van der Waals surface area contributed by atoms with E-state index in [1.54, 1.807) is 12.4 Å². The van der Waals surface area contributed by atoms with E-state index in [2.05, 4.69) is 59.9 Å². The first-order chi connectivity index (χ1) is 19.4. The second-order valence-electron chi connectivity index (χ2n) is 9.42. The summed E-state index contributed by atoms with van der Waals surface area (Å²) in [6.07, 6.45) is 8.15. The van der Waals surface area contributed by atoms with Crippen molar-refractivity contribution in [1.29, 1.82) is 0 Å². The van der Waals surface area contributed by atoms with Gasteiger partial charge in [-0.2, -0.15) is 5.10 Å². The summed E-state index contributed by atoms with van der Waals surface area (Å²) < 4.78 is 24.6. The fraction of sp³-hybridized carbons (Fsp3) is 0.179. The Morgan fingerprint density at radius 1 is 0.950 bits per heavy atom. The molecule has 4 aromatic heterocycles. The summed E-state index contributed by atoms with van der Waals surface area (Å²) in [6.45, 7) is 1.58. The smallest absolute Gasteiger partial charge is 0.148 e. The Kier molecular flexibility index (Phi) is 7.20. The van der Waals surface area contributed by atoms with Crippen LogP contribution in [0.1, 0.15) is 10.6 Å². The van der Waals surface area contributed by atoms with Gasteiger partial charge in [0.2, 0.25) is 0 Å². The van der Waals surface area contributed by atoms with Gasteiger partial charge in [-0.05, 0) is 29.8 Å². The molecule has 2 aromatic carbocycles. The van der Waals surface area contributed by atoms with Crippen molar-refractivity contribution in [2.24, 2.45) is 0 Å². The maximum absolute atomic E-state index is 11.3. The molecular formula is C28H26N8O2S2. The average molecular weight is 571 g/mol. The molecule has 2 N–H and O–H groups in total. The van der Waals surface area contributed by atoms with Crippen molar-refractivity contribution in [1.82, 2.24) is 35.0 Å². The molecule has 40 heavy (non-hydrogen) atoms. The number of hydrogen-bond donors (Lipinski definition) is 2. The van der Waals surface area contributed by atoms with Crippen molar-refractivity contribution < 1.29 is 8.42 Å². The highest BCUT2D eigenvalue weighted by Crippen LogP contribution is 2.30. The van der Waals surface area contributed by atoms with E-state index in [-0.39, 0.29) is 5.75 Å². The third-order valence-corrected chi connectivity index (χ3v) is 8.30. The lowest BCUT2D eigenvalue weighted by molar-refractivity contribution is 0.596. The van der Waals surface area contributed by atoms with E-state index in [4.69, 9.17) is 0 Å². The predicted molar refractivity (Wildman–Crippen MR) is 158 cm³/mol. The van der Waals surface area contributed by atoms with Gasteiger partial charge in [-0.3, -0.25) is 9.67 Å². The molecule has 0 aliphatic heterocycles. The molecule has 0 atom stereocenters. The Balaban J connectivity index is 1.21. The molecule has 12 heteroatoms. The number of benzene rings is 2. The lowest BCUT2D eigenvalue weighted by Gasteiger charge is -2.10. The Morgan fingerprint density at radius 3 is 2.67 bits per heavy atom. The Labute approximate surface area is 235 Å². The van der Waals surface area contributed by atoms with Gasteiger partial charge in [0.25, 0.3) is 0 Å². The second-order valence-corrected chi connectivity index (χ2v) is 12.8. The van der Waals surface area contributed by atoms with Gasteiger partial charge >= 0.3 is 0 Å². The van der Waals surface area contributed by atoms with Crippen molar-refractivity contribution >= 4 is 54.5 Å². The number of pyridine rings is 1. The lowest BCUT2D eigenvalue weighted by Crippen LogP contribution is -2.21.